The Morgan fingerprint density at radius 2 is 1.93 bits per heavy atom. The van der Waals surface area contributed by atoms with Crippen molar-refractivity contribution in [1.29, 1.82) is 0 Å². The molecule has 0 fully saturated rings. The minimum atomic E-state index is -3.88. The molecular weight excluding hydrogens is 393 g/mol. The van der Waals surface area contributed by atoms with Crippen molar-refractivity contribution < 1.29 is 17.5 Å². The number of hydrogen-bond acceptors (Lipinski definition) is 4. The zero-order chi connectivity index (χ0) is 21.2. The molecule has 0 spiro atoms. The summed E-state index contributed by atoms with van der Waals surface area (Å²) in [6.07, 6.45) is 2.01. The fourth-order valence-corrected chi connectivity index (χ4v) is 4.45. The average Bonchev–Trinajstić information content (AvgIpc) is 3.00. The first-order valence-electron chi connectivity index (χ1n) is 9.37. The molecule has 1 unspecified atom stereocenters. The first kappa shape index (κ1) is 21.3. The molecule has 1 N–H and O–H groups in total. The number of aryl methyl sites for hydroxylation is 1. The van der Waals surface area contributed by atoms with E-state index < -0.39 is 15.8 Å². The van der Waals surface area contributed by atoms with Crippen LogP contribution >= 0.6 is 0 Å². The lowest BCUT2D eigenvalue weighted by Gasteiger charge is -2.24. The molecule has 0 bridgehead atoms. The molecule has 0 amide bonds. The number of hydrogen-bond donors (Lipinski definition) is 1. The number of halogens is 1. The molecular formula is C21H26FN3O3S. The van der Waals surface area contributed by atoms with E-state index in [0.717, 1.165) is 22.5 Å². The molecule has 2 aromatic carbocycles. The molecule has 0 saturated carbocycles. The van der Waals surface area contributed by atoms with Crippen molar-refractivity contribution in [3.8, 4) is 5.75 Å². The van der Waals surface area contributed by atoms with E-state index in [1.807, 2.05) is 61.1 Å². The predicted octanol–water partition coefficient (Wildman–Crippen LogP) is 3.30. The van der Waals surface area contributed by atoms with Crippen molar-refractivity contribution in [3.05, 3.63) is 60.0 Å². The van der Waals surface area contributed by atoms with Gasteiger partial charge in [-0.1, -0.05) is 18.2 Å². The highest BCUT2D eigenvalue weighted by molar-refractivity contribution is 7.89. The summed E-state index contributed by atoms with van der Waals surface area (Å²) >= 11 is 0. The fourth-order valence-electron chi connectivity index (χ4n) is 3.40. The van der Waals surface area contributed by atoms with Crippen LogP contribution in [0.15, 0.2) is 53.6 Å². The summed E-state index contributed by atoms with van der Waals surface area (Å²) in [5.41, 5.74) is 2.10. The molecule has 1 heterocycles. The van der Waals surface area contributed by atoms with Crippen LogP contribution in [0.5, 0.6) is 5.75 Å². The number of aromatic nitrogens is 1. The van der Waals surface area contributed by atoms with Crippen LogP contribution < -0.4 is 9.46 Å². The third-order valence-corrected chi connectivity index (χ3v) is 6.31. The number of benzene rings is 2. The summed E-state index contributed by atoms with van der Waals surface area (Å²) in [7, 11) is 1.89. The van der Waals surface area contributed by atoms with E-state index in [4.69, 9.17) is 4.74 Å². The lowest BCUT2D eigenvalue weighted by molar-refractivity contribution is 0.301. The summed E-state index contributed by atoms with van der Waals surface area (Å²) in [4.78, 5) is 1.83. The van der Waals surface area contributed by atoms with Crippen molar-refractivity contribution in [1.82, 2.24) is 14.2 Å². The molecule has 156 valence electrons. The second-order valence-corrected chi connectivity index (χ2v) is 8.84. The first-order valence-corrected chi connectivity index (χ1v) is 10.8. The van der Waals surface area contributed by atoms with Gasteiger partial charge in [0.05, 0.1) is 11.5 Å². The highest BCUT2D eigenvalue weighted by atomic mass is 32.2. The van der Waals surface area contributed by atoms with Gasteiger partial charge in [-0.15, -0.1) is 0 Å². The Labute approximate surface area is 170 Å². The van der Waals surface area contributed by atoms with Crippen LogP contribution in [-0.4, -0.2) is 45.1 Å². The molecule has 0 radical (unpaired) electrons. The molecule has 0 aliphatic rings. The van der Waals surface area contributed by atoms with E-state index >= 15 is 0 Å². The summed E-state index contributed by atoms with van der Waals surface area (Å²) in [5.74, 6) is -0.665. The number of sulfonamides is 1. The second kappa shape index (κ2) is 8.52. The average molecular weight is 420 g/mol. The van der Waals surface area contributed by atoms with Gasteiger partial charge in [0.1, 0.15) is 0 Å². The van der Waals surface area contributed by atoms with Crippen LogP contribution in [0.2, 0.25) is 0 Å². The summed E-state index contributed by atoms with van der Waals surface area (Å²) in [6, 6.07) is 11.5. The quantitative estimate of drug-likeness (QED) is 0.609. The largest absolute Gasteiger partial charge is 0.491 e. The number of para-hydroxylation sites is 1. The highest BCUT2D eigenvalue weighted by Crippen LogP contribution is 2.29. The summed E-state index contributed by atoms with van der Waals surface area (Å²) in [6.45, 7) is 2.19. The van der Waals surface area contributed by atoms with Gasteiger partial charge in [-0.3, -0.25) is 0 Å². The van der Waals surface area contributed by atoms with Gasteiger partial charge < -0.3 is 14.2 Å². The number of fused-ring (bicyclic) bond motifs is 1. The Hall–Kier alpha value is -2.42. The van der Waals surface area contributed by atoms with Gasteiger partial charge in [0.15, 0.2) is 11.6 Å². The first-order chi connectivity index (χ1) is 13.7. The van der Waals surface area contributed by atoms with E-state index in [2.05, 4.69) is 4.72 Å². The van der Waals surface area contributed by atoms with E-state index in [-0.39, 0.29) is 23.2 Å². The van der Waals surface area contributed by atoms with Crippen molar-refractivity contribution in [2.45, 2.75) is 17.9 Å². The molecule has 1 atom stereocenters. The van der Waals surface area contributed by atoms with Crippen molar-refractivity contribution >= 4 is 20.9 Å². The standard InChI is InChI=1S/C21H26FN3O3S/c1-5-28-21-11-10-15(12-18(21)22)29(26,27)23-13-20(24(2)3)17-14-25(4)19-9-7-6-8-16(17)19/h6-12,14,20,23H,5,13H2,1-4H3. The zero-order valence-electron chi connectivity index (χ0n) is 17.0. The van der Waals surface area contributed by atoms with Gasteiger partial charge in [0.25, 0.3) is 0 Å². The van der Waals surface area contributed by atoms with E-state index in [0.29, 0.717) is 6.61 Å². The molecule has 0 aliphatic heterocycles. The lowest BCUT2D eigenvalue weighted by Crippen LogP contribution is -2.34. The van der Waals surface area contributed by atoms with Gasteiger partial charge in [-0.25, -0.2) is 17.5 Å². The zero-order valence-corrected chi connectivity index (χ0v) is 17.8. The number of nitrogens with zero attached hydrogens (tertiary/aromatic N) is 2. The van der Waals surface area contributed by atoms with Crippen LogP contribution in [0.1, 0.15) is 18.5 Å². The van der Waals surface area contributed by atoms with Gasteiger partial charge in [-0.2, -0.15) is 0 Å². The third-order valence-electron chi connectivity index (χ3n) is 4.89. The number of rotatable bonds is 8. The Bertz CT molecular complexity index is 1110. The maximum atomic E-state index is 14.1. The second-order valence-electron chi connectivity index (χ2n) is 7.07. The molecule has 29 heavy (non-hydrogen) atoms. The Kier molecular flexibility index (Phi) is 6.26. The Morgan fingerprint density at radius 3 is 2.59 bits per heavy atom. The smallest absolute Gasteiger partial charge is 0.240 e. The number of nitrogens with one attached hydrogen (secondary N) is 1. The van der Waals surface area contributed by atoms with Crippen LogP contribution in [0.4, 0.5) is 4.39 Å². The minimum absolute atomic E-state index is 0.0355. The number of likely N-dealkylation sites (N-methyl/N-ethyl adjacent to an activating group) is 1. The number of ether oxygens (including phenoxy) is 1. The van der Waals surface area contributed by atoms with Gasteiger partial charge in [-0.05, 0) is 50.8 Å². The van der Waals surface area contributed by atoms with E-state index in [1.165, 1.54) is 12.1 Å². The van der Waals surface area contributed by atoms with Crippen molar-refractivity contribution in [2.24, 2.45) is 7.05 Å². The molecule has 0 saturated heterocycles. The molecule has 3 aromatic rings. The van der Waals surface area contributed by atoms with Crippen LogP contribution in [0.3, 0.4) is 0 Å². The Morgan fingerprint density at radius 1 is 1.21 bits per heavy atom. The SMILES string of the molecule is CCOc1ccc(S(=O)(=O)NCC(c2cn(C)c3ccccc23)N(C)C)cc1F. The Balaban J connectivity index is 1.86. The van der Waals surface area contributed by atoms with Crippen LogP contribution in [0, 0.1) is 5.82 Å². The molecule has 6 nitrogen and oxygen atoms in total. The normalized spacial score (nSPS) is 13.2. The maximum absolute atomic E-state index is 14.1. The molecule has 1 aromatic heterocycles. The monoisotopic (exact) mass is 419 g/mol. The topological polar surface area (TPSA) is 63.6 Å². The molecule has 3 rings (SSSR count). The predicted molar refractivity (Wildman–Crippen MR) is 112 cm³/mol. The van der Waals surface area contributed by atoms with Gasteiger partial charge in [0, 0.05) is 36.7 Å². The van der Waals surface area contributed by atoms with Crippen LogP contribution in [-0.2, 0) is 17.1 Å². The van der Waals surface area contributed by atoms with Crippen molar-refractivity contribution in [2.75, 3.05) is 27.2 Å². The molecule has 0 aliphatic carbocycles. The molecule has 8 heteroatoms. The van der Waals surface area contributed by atoms with Crippen LogP contribution in [0.25, 0.3) is 10.9 Å². The minimum Gasteiger partial charge on any atom is -0.491 e. The lowest BCUT2D eigenvalue weighted by atomic mass is 10.1. The van der Waals surface area contributed by atoms with Gasteiger partial charge >= 0.3 is 0 Å². The van der Waals surface area contributed by atoms with Crippen molar-refractivity contribution in [3.63, 3.8) is 0 Å². The highest BCUT2D eigenvalue weighted by Gasteiger charge is 2.23. The maximum Gasteiger partial charge on any atom is 0.240 e. The third kappa shape index (κ3) is 4.44. The summed E-state index contributed by atoms with van der Waals surface area (Å²) in [5, 5.41) is 1.07. The van der Waals surface area contributed by atoms with Gasteiger partial charge in [0.2, 0.25) is 10.0 Å². The summed E-state index contributed by atoms with van der Waals surface area (Å²) < 4.78 is 49.4. The fraction of sp³-hybridized carbons (Fsp3) is 0.333. The van der Waals surface area contributed by atoms with E-state index in [1.54, 1.807) is 6.92 Å². The van der Waals surface area contributed by atoms with E-state index in [9.17, 15) is 12.8 Å².